The molecule has 1 aromatic carbocycles. The molecule has 7 heteroatoms. The standard InChI is InChI=1S/C10H15FN2O3S/c1-6(5-14)13-17(15,16)8-3-9(11)7(2)10(12)4-8/h3-4,6,13-14H,5,12H2,1-2H3. The summed E-state index contributed by atoms with van der Waals surface area (Å²) in [5, 5.41) is 8.77. The fourth-order valence-corrected chi connectivity index (χ4v) is 2.48. The van der Waals surface area contributed by atoms with E-state index in [2.05, 4.69) is 4.72 Å². The summed E-state index contributed by atoms with van der Waals surface area (Å²) in [4.78, 5) is -0.251. The van der Waals surface area contributed by atoms with Gasteiger partial charge in [0.15, 0.2) is 0 Å². The van der Waals surface area contributed by atoms with E-state index in [1.54, 1.807) is 0 Å². The Labute approximate surface area is 99.5 Å². The van der Waals surface area contributed by atoms with Crippen LogP contribution in [0.5, 0.6) is 0 Å². The van der Waals surface area contributed by atoms with E-state index in [0.29, 0.717) is 0 Å². The van der Waals surface area contributed by atoms with Gasteiger partial charge in [-0.05, 0) is 26.0 Å². The van der Waals surface area contributed by atoms with Crippen LogP contribution in [0.15, 0.2) is 17.0 Å². The van der Waals surface area contributed by atoms with E-state index < -0.39 is 21.9 Å². The van der Waals surface area contributed by atoms with Gasteiger partial charge in [0.2, 0.25) is 10.0 Å². The van der Waals surface area contributed by atoms with Crippen molar-refractivity contribution < 1.29 is 17.9 Å². The van der Waals surface area contributed by atoms with Crippen molar-refractivity contribution in [3.8, 4) is 0 Å². The second-order valence-electron chi connectivity index (χ2n) is 3.82. The third-order valence-electron chi connectivity index (χ3n) is 2.30. The average Bonchev–Trinajstić information content (AvgIpc) is 2.24. The molecule has 0 spiro atoms. The number of sulfonamides is 1. The summed E-state index contributed by atoms with van der Waals surface area (Å²) in [6.07, 6.45) is 0. The first-order valence-electron chi connectivity index (χ1n) is 4.96. The Bertz CT molecular complexity index is 493. The van der Waals surface area contributed by atoms with Crippen molar-refractivity contribution in [3.05, 3.63) is 23.5 Å². The molecule has 0 heterocycles. The van der Waals surface area contributed by atoms with Gasteiger partial charge in [-0.3, -0.25) is 0 Å². The number of rotatable bonds is 4. The summed E-state index contributed by atoms with van der Waals surface area (Å²) in [5.74, 6) is -0.679. The third kappa shape index (κ3) is 3.15. The lowest BCUT2D eigenvalue weighted by molar-refractivity contribution is 0.265. The lowest BCUT2D eigenvalue weighted by atomic mass is 10.2. The van der Waals surface area contributed by atoms with E-state index in [4.69, 9.17) is 10.8 Å². The number of nitrogens with two attached hydrogens (primary N) is 1. The zero-order chi connectivity index (χ0) is 13.2. The van der Waals surface area contributed by atoms with Crippen molar-refractivity contribution in [1.82, 2.24) is 4.72 Å². The summed E-state index contributed by atoms with van der Waals surface area (Å²) in [6.45, 7) is 2.61. The van der Waals surface area contributed by atoms with Crippen LogP contribution in [-0.2, 0) is 10.0 Å². The molecule has 1 atom stereocenters. The van der Waals surface area contributed by atoms with Gasteiger partial charge in [0.25, 0.3) is 0 Å². The lowest BCUT2D eigenvalue weighted by Crippen LogP contribution is -2.35. The second kappa shape index (κ2) is 4.99. The van der Waals surface area contributed by atoms with E-state index in [-0.39, 0.29) is 22.8 Å². The first kappa shape index (κ1) is 13.9. The number of halogens is 1. The molecule has 0 aliphatic carbocycles. The highest BCUT2D eigenvalue weighted by atomic mass is 32.2. The SMILES string of the molecule is Cc1c(N)cc(S(=O)(=O)NC(C)CO)cc1F. The number of aliphatic hydroxyl groups is 1. The Balaban J connectivity index is 3.16. The largest absolute Gasteiger partial charge is 0.398 e. The van der Waals surface area contributed by atoms with Crippen LogP contribution in [0.2, 0.25) is 0 Å². The Kier molecular flexibility index (Phi) is 4.07. The van der Waals surface area contributed by atoms with Crippen LogP contribution < -0.4 is 10.5 Å². The van der Waals surface area contributed by atoms with Crippen molar-refractivity contribution in [1.29, 1.82) is 0 Å². The Hall–Kier alpha value is -1.18. The molecule has 0 radical (unpaired) electrons. The molecule has 17 heavy (non-hydrogen) atoms. The van der Waals surface area contributed by atoms with Crippen molar-refractivity contribution in [2.24, 2.45) is 0 Å². The van der Waals surface area contributed by atoms with Crippen LogP contribution >= 0.6 is 0 Å². The minimum absolute atomic E-state index is 0.0713. The van der Waals surface area contributed by atoms with Crippen molar-refractivity contribution >= 4 is 15.7 Å². The highest BCUT2D eigenvalue weighted by Crippen LogP contribution is 2.20. The van der Waals surface area contributed by atoms with Gasteiger partial charge in [0.1, 0.15) is 5.82 Å². The molecular formula is C10H15FN2O3S. The van der Waals surface area contributed by atoms with Crippen LogP contribution in [0.4, 0.5) is 10.1 Å². The maximum Gasteiger partial charge on any atom is 0.241 e. The number of anilines is 1. The van der Waals surface area contributed by atoms with Gasteiger partial charge in [0.05, 0.1) is 11.5 Å². The summed E-state index contributed by atoms with van der Waals surface area (Å²) < 4.78 is 39.1. The summed E-state index contributed by atoms with van der Waals surface area (Å²) in [6, 6.07) is 1.44. The number of hydrogen-bond donors (Lipinski definition) is 3. The van der Waals surface area contributed by atoms with E-state index in [1.165, 1.54) is 19.9 Å². The monoisotopic (exact) mass is 262 g/mol. The normalized spacial score (nSPS) is 13.6. The quantitative estimate of drug-likeness (QED) is 0.684. The van der Waals surface area contributed by atoms with Gasteiger partial charge in [0, 0.05) is 17.3 Å². The van der Waals surface area contributed by atoms with Gasteiger partial charge >= 0.3 is 0 Å². The van der Waals surface area contributed by atoms with Gasteiger partial charge in [-0.2, -0.15) is 0 Å². The minimum atomic E-state index is -3.86. The molecule has 1 unspecified atom stereocenters. The number of nitrogens with one attached hydrogen (secondary N) is 1. The summed E-state index contributed by atoms with van der Waals surface area (Å²) in [7, 11) is -3.86. The maximum atomic E-state index is 13.4. The van der Waals surface area contributed by atoms with E-state index in [1.807, 2.05) is 0 Å². The molecule has 0 saturated heterocycles. The Morgan fingerprint density at radius 3 is 2.59 bits per heavy atom. The fourth-order valence-electron chi connectivity index (χ4n) is 1.20. The van der Waals surface area contributed by atoms with Crippen LogP contribution in [0.3, 0.4) is 0 Å². The summed E-state index contributed by atoms with van der Waals surface area (Å²) >= 11 is 0. The van der Waals surface area contributed by atoms with Crippen LogP contribution in [0, 0.1) is 12.7 Å². The highest BCUT2D eigenvalue weighted by Gasteiger charge is 2.19. The van der Waals surface area contributed by atoms with Gasteiger partial charge in [-0.1, -0.05) is 0 Å². The molecule has 1 aromatic rings. The molecule has 0 fully saturated rings. The number of benzene rings is 1. The predicted octanol–water partition coefficient (Wildman–Crippen LogP) is 0.375. The van der Waals surface area contributed by atoms with Crippen LogP contribution in [0.1, 0.15) is 12.5 Å². The maximum absolute atomic E-state index is 13.4. The minimum Gasteiger partial charge on any atom is -0.398 e. The molecule has 5 nitrogen and oxygen atoms in total. The lowest BCUT2D eigenvalue weighted by Gasteiger charge is -2.12. The second-order valence-corrected chi connectivity index (χ2v) is 5.54. The first-order valence-corrected chi connectivity index (χ1v) is 6.45. The fraction of sp³-hybridized carbons (Fsp3) is 0.400. The molecule has 0 amide bonds. The summed E-state index contributed by atoms with van der Waals surface area (Å²) in [5.41, 5.74) is 5.78. The molecule has 4 N–H and O–H groups in total. The predicted molar refractivity (Wildman–Crippen MR) is 62.4 cm³/mol. The Morgan fingerprint density at radius 2 is 2.12 bits per heavy atom. The molecular weight excluding hydrogens is 247 g/mol. The van der Waals surface area contributed by atoms with E-state index in [0.717, 1.165) is 6.07 Å². The van der Waals surface area contributed by atoms with Gasteiger partial charge in [-0.25, -0.2) is 17.5 Å². The van der Waals surface area contributed by atoms with Crippen molar-refractivity contribution in [2.75, 3.05) is 12.3 Å². The molecule has 0 aromatic heterocycles. The van der Waals surface area contributed by atoms with Crippen LogP contribution in [-0.4, -0.2) is 26.2 Å². The first-order chi connectivity index (χ1) is 7.77. The van der Waals surface area contributed by atoms with E-state index >= 15 is 0 Å². The van der Waals surface area contributed by atoms with Crippen molar-refractivity contribution in [2.45, 2.75) is 24.8 Å². The highest BCUT2D eigenvalue weighted by molar-refractivity contribution is 7.89. The molecule has 0 aliphatic rings. The molecule has 0 aliphatic heterocycles. The number of hydrogen-bond acceptors (Lipinski definition) is 4. The third-order valence-corrected chi connectivity index (χ3v) is 3.87. The molecule has 0 bridgehead atoms. The zero-order valence-electron chi connectivity index (χ0n) is 9.57. The molecule has 96 valence electrons. The van der Waals surface area contributed by atoms with Gasteiger partial charge in [-0.15, -0.1) is 0 Å². The molecule has 0 saturated carbocycles. The number of aliphatic hydroxyl groups excluding tert-OH is 1. The van der Waals surface area contributed by atoms with Gasteiger partial charge < -0.3 is 10.8 Å². The van der Waals surface area contributed by atoms with E-state index in [9.17, 15) is 12.8 Å². The number of nitrogen functional groups attached to an aromatic ring is 1. The van der Waals surface area contributed by atoms with Crippen molar-refractivity contribution in [3.63, 3.8) is 0 Å². The van der Waals surface area contributed by atoms with Crippen LogP contribution in [0.25, 0.3) is 0 Å². The topological polar surface area (TPSA) is 92.4 Å². The smallest absolute Gasteiger partial charge is 0.241 e. The Morgan fingerprint density at radius 1 is 1.53 bits per heavy atom. The average molecular weight is 262 g/mol. The zero-order valence-corrected chi connectivity index (χ0v) is 10.4. The molecule has 1 rings (SSSR count).